The molecule has 2 rings (SSSR count). The van der Waals surface area contributed by atoms with Crippen LogP contribution in [0.1, 0.15) is 20.8 Å². The van der Waals surface area contributed by atoms with Crippen molar-refractivity contribution in [2.24, 2.45) is 5.92 Å². The molecule has 0 aliphatic carbocycles. The van der Waals surface area contributed by atoms with Gasteiger partial charge < -0.3 is 14.5 Å². The molecule has 1 atom stereocenters. The average molecular weight is 293 g/mol. The summed E-state index contributed by atoms with van der Waals surface area (Å²) >= 11 is 0. The fraction of sp³-hybridized carbons (Fsp3) is 0.500. The zero-order valence-electron chi connectivity index (χ0n) is 12.3. The lowest BCUT2D eigenvalue weighted by Crippen LogP contribution is -2.31. The Morgan fingerprint density at radius 2 is 2.24 bits per heavy atom. The van der Waals surface area contributed by atoms with Gasteiger partial charge in [0, 0.05) is 18.7 Å². The number of fused-ring (bicyclic) bond motifs is 1. The van der Waals surface area contributed by atoms with Gasteiger partial charge in [-0.1, -0.05) is 13.8 Å². The number of hydrogen-bond donors (Lipinski definition) is 1. The summed E-state index contributed by atoms with van der Waals surface area (Å²) in [5, 5.41) is 13.9. The number of nitro benzene ring substituents is 1. The lowest BCUT2D eigenvalue weighted by atomic mass is 10.1. The van der Waals surface area contributed by atoms with Crippen LogP contribution in [0, 0.1) is 16.0 Å². The molecular formula is C14H19N3O4. The van der Waals surface area contributed by atoms with Crippen molar-refractivity contribution in [1.82, 2.24) is 4.98 Å². The number of nitro groups is 1. The van der Waals surface area contributed by atoms with Gasteiger partial charge in [-0.05, 0) is 18.9 Å². The number of ether oxygens (including phenoxy) is 1. The van der Waals surface area contributed by atoms with E-state index in [9.17, 15) is 10.1 Å². The van der Waals surface area contributed by atoms with E-state index in [-0.39, 0.29) is 11.7 Å². The first-order chi connectivity index (χ1) is 10.0. The van der Waals surface area contributed by atoms with Crippen LogP contribution in [0.4, 0.5) is 11.7 Å². The highest BCUT2D eigenvalue weighted by atomic mass is 16.6. The van der Waals surface area contributed by atoms with E-state index in [2.05, 4.69) is 24.1 Å². The predicted molar refractivity (Wildman–Crippen MR) is 79.4 cm³/mol. The van der Waals surface area contributed by atoms with Crippen LogP contribution in [0.3, 0.4) is 0 Å². The first-order valence-corrected chi connectivity index (χ1v) is 6.90. The zero-order valence-corrected chi connectivity index (χ0v) is 12.3. The monoisotopic (exact) mass is 293 g/mol. The third kappa shape index (κ3) is 3.69. The van der Waals surface area contributed by atoms with E-state index in [0.717, 1.165) is 0 Å². The van der Waals surface area contributed by atoms with Crippen molar-refractivity contribution in [3.63, 3.8) is 0 Å². The van der Waals surface area contributed by atoms with E-state index in [1.165, 1.54) is 12.1 Å². The highest BCUT2D eigenvalue weighted by molar-refractivity contribution is 5.77. The summed E-state index contributed by atoms with van der Waals surface area (Å²) in [5.74, 6) is 0.334. The number of non-ortho nitro benzene ring substituents is 1. The fourth-order valence-electron chi connectivity index (χ4n) is 1.90. The molecule has 114 valence electrons. The third-order valence-corrected chi connectivity index (χ3v) is 3.20. The standard InChI is InChI=1S/C14H19N3O4/c1-4-20-8-12(9(2)3)16-14-15-11-7-10(17(18)19)5-6-13(11)21-14/h5-7,9,12H,4,8H2,1-3H3,(H,15,16). The number of hydrogen-bond acceptors (Lipinski definition) is 6. The molecule has 7 nitrogen and oxygen atoms in total. The molecule has 1 aromatic carbocycles. The molecule has 0 aliphatic rings. The Bertz CT molecular complexity index is 624. The van der Waals surface area contributed by atoms with Gasteiger partial charge in [-0.2, -0.15) is 4.98 Å². The Kier molecular flexibility index (Phi) is 4.74. The van der Waals surface area contributed by atoms with Gasteiger partial charge in [-0.25, -0.2) is 0 Å². The van der Waals surface area contributed by atoms with Crippen molar-refractivity contribution < 1.29 is 14.1 Å². The van der Waals surface area contributed by atoms with Crippen LogP contribution < -0.4 is 5.32 Å². The third-order valence-electron chi connectivity index (χ3n) is 3.20. The number of oxazole rings is 1. The maximum absolute atomic E-state index is 10.8. The molecular weight excluding hydrogens is 274 g/mol. The predicted octanol–water partition coefficient (Wildman–Crippen LogP) is 3.21. The molecule has 21 heavy (non-hydrogen) atoms. The zero-order chi connectivity index (χ0) is 15.4. The van der Waals surface area contributed by atoms with E-state index in [1.54, 1.807) is 6.07 Å². The minimum absolute atomic E-state index is 0.00271. The number of anilines is 1. The maximum Gasteiger partial charge on any atom is 0.295 e. The fourth-order valence-corrected chi connectivity index (χ4v) is 1.90. The Balaban J connectivity index is 2.19. The largest absolute Gasteiger partial charge is 0.424 e. The van der Waals surface area contributed by atoms with Gasteiger partial charge in [0.2, 0.25) is 0 Å². The molecule has 0 radical (unpaired) electrons. The van der Waals surface area contributed by atoms with E-state index in [0.29, 0.717) is 36.2 Å². The number of benzene rings is 1. The van der Waals surface area contributed by atoms with Gasteiger partial charge in [0.1, 0.15) is 5.52 Å². The molecule has 7 heteroatoms. The first kappa shape index (κ1) is 15.2. The van der Waals surface area contributed by atoms with Crippen LogP contribution in [0.15, 0.2) is 22.6 Å². The average Bonchev–Trinajstić information content (AvgIpc) is 2.84. The topological polar surface area (TPSA) is 90.4 Å². The normalized spacial score (nSPS) is 12.8. The van der Waals surface area contributed by atoms with Crippen LogP contribution in [0.25, 0.3) is 11.1 Å². The minimum atomic E-state index is -0.451. The highest BCUT2D eigenvalue weighted by Crippen LogP contribution is 2.24. The SMILES string of the molecule is CCOCC(Nc1nc2cc([N+](=O)[O-])ccc2o1)C(C)C. The van der Waals surface area contributed by atoms with Gasteiger partial charge in [0.05, 0.1) is 17.6 Å². The van der Waals surface area contributed by atoms with E-state index in [4.69, 9.17) is 9.15 Å². The Morgan fingerprint density at radius 1 is 1.48 bits per heavy atom. The lowest BCUT2D eigenvalue weighted by Gasteiger charge is -2.20. The smallest absolute Gasteiger partial charge is 0.295 e. The molecule has 1 N–H and O–H groups in total. The van der Waals surface area contributed by atoms with Crippen LogP contribution in [0.5, 0.6) is 0 Å². The van der Waals surface area contributed by atoms with Gasteiger partial charge in [0.15, 0.2) is 5.58 Å². The van der Waals surface area contributed by atoms with Crippen molar-refractivity contribution >= 4 is 22.8 Å². The summed E-state index contributed by atoms with van der Waals surface area (Å²) < 4.78 is 11.0. The highest BCUT2D eigenvalue weighted by Gasteiger charge is 2.17. The number of rotatable bonds is 7. The number of nitrogens with zero attached hydrogens (tertiary/aromatic N) is 2. The van der Waals surface area contributed by atoms with Crippen molar-refractivity contribution in [3.05, 3.63) is 28.3 Å². The maximum atomic E-state index is 10.8. The molecule has 1 unspecified atom stereocenters. The van der Waals surface area contributed by atoms with Crippen molar-refractivity contribution in [1.29, 1.82) is 0 Å². The molecule has 0 fully saturated rings. The van der Waals surface area contributed by atoms with Gasteiger partial charge in [-0.3, -0.25) is 10.1 Å². The summed E-state index contributed by atoms with van der Waals surface area (Å²) in [4.78, 5) is 14.5. The quantitative estimate of drug-likeness (QED) is 0.622. The van der Waals surface area contributed by atoms with Gasteiger partial charge >= 0.3 is 0 Å². The summed E-state index contributed by atoms with van der Waals surface area (Å²) in [6.07, 6.45) is 0. The van der Waals surface area contributed by atoms with E-state index < -0.39 is 4.92 Å². The van der Waals surface area contributed by atoms with Crippen molar-refractivity contribution in [3.8, 4) is 0 Å². The van der Waals surface area contributed by atoms with Crippen molar-refractivity contribution in [2.45, 2.75) is 26.8 Å². The summed E-state index contributed by atoms with van der Waals surface area (Å²) in [5.41, 5.74) is 0.977. The van der Waals surface area contributed by atoms with Crippen molar-refractivity contribution in [2.75, 3.05) is 18.5 Å². The first-order valence-electron chi connectivity index (χ1n) is 6.90. The van der Waals surface area contributed by atoms with Crippen LogP contribution in [0.2, 0.25) is 0 Å². The minimum Gasteiger partial charge on any atom is -0.424 e. The van der Waals surface area contributed by atoms with Crippen LogP contribution >= 0.6 is 0 Å². The molecule has 1 heterocycles. The number of aromatic nitrogens is 1. The van der Waals surface area contributed by atoms with Crippen LogP contribution in [-0.2, 0) is 4.74 Å². The Hall–Kier alpha value is -2.15. The Morgan fingerprint density at radius 3 is 2.86 bits per heavy atom. The molecule has 0 bridgehead atoms. The van der Waals surface area contributed by atoms with Gasteiger partial charge in [-0.15, -0.1) is 0 Å². The molecule has 2 aromatic rings. The van der Waals surface area contributed by atoms with E-state index in [1.807, 2.05) is 6.92 Å². The Labute approximate surface area is 122 Å². The molecule has 0 saturated carbocycles. The summed E-state index contributed by atoms with van der Waals surface area (Å²) in [7, 11) is 0. The second-order valence-corrected chi connectivity index (χ2v) is 5.08. The number of nitrogens with one attached hydrogen (secondary N) is 1. The molecule has 0 amide bonds. The lowest BCUT2D eigenvalue weighted by molar-refractivity contribution is -0.384. The molecule has 0 aliphatic heterocycles. The molecule has 0 saturated heterocycles. The summed E-state index contributed by atoms with van der Waals surface area (Å²) in [6.45, 7) is 7.28. The summed E-state index contributed by atoms with van der Waals surface area (Å²) in [6, 6.07) is 4.77. The second kappa shape index (κ2) is 6.53. The second-order valence-electron chi connectivity index (χ2n) is 5.08. The molecule has 0 spiro atoms. The van der Waals surface area contributed by atoms with E-state index >= 15 is 0 Å². The van der Waals surface area contributed by atoms with Crippen LogP contribution in [-0.4, -0.2) is 29.2 Å². The molecule has 1 aromatic heterocycles. The van der Waals surface area contributed by atoms with Gasteiger partial charge in [0.25, 0.3) is 11.7 Å².